The molecule has 0 spiro atoms. The van der Waals surface area contributed by atoms with Crippen LogP contribution in [0.1, 0.15) is 29.5 Å². The lowest BCUT2D eigenvalue weighted by molar-refractivity contribution is -0.122. The second kappa shape index (κ2) is 10.7. The van der Waals surface area contributed by atoms with Gasteiger partial charge < -0.3 is 5.32 Å². The van der Waals surface area contributed by atoms with E-state index in [2.05, 4.69) is 74.6 Å². The molecule has 30 heavy (non-hydrogen) atoms. The first-order chi connectivity index (χ1) is 14.8. The lowest BCUT2D eigenvalue weighted by Gasteiger charge is -2.34. The third kappa shape index (κ3) is 6.14. The average molecular weight is 407 g/mol. The molecule has 0 saturated carbocycles. The molecule has 0 aliphatic carbocycles. The van der Waals surface area contributed by atoms with Gasteiger partial charge in [-0.05, 0) is 42.6 Å². The minimum absolute atomic E-state index is 0.127. The summed E-state index contributed by atoms with van der Waals surface area (Å²) in [5, 5.41) is 3.15. The Morgan fingerprint density at radius 3 is 2.03 bits per heavy atom. The topological polar surface area (TPSA) is 38.8 Å². The zero-order valence-electron chi connectivity index (χ0n) is 17.9. The van der Waals surface area contributed by atoms with E-state index in [1.165, 1.54) is 42.6 Å². The van der Waals surface area contributed by atoms with Gasteiger partial charge in [0, 0.05) is 45.8 Å². The monoisotopic (exact) mass is 406 g/mol. The Morgan fingerprint density at radius 1 is 0.700 bits per heavy atom. The molecular formula is C25H34N4O. The van der Waals surface area contributed by atoms with Crippen LogP contribution in [0.25, 0.3) is 0 Å². The largest absolute Gasteiger partial charge is 0.351 e. The average Bonchev–Trinajstić information content (AvgIpc) is 3.28. The zero-order valence-corrected chi connectivity index (χ0v) is 17.9. The molecule has 160 valence electrons. The minimum Gasteiger partial charge on any atom is -0.351 e. The van der Waals surface area contributed by atoms with Crippen LogP contribution < -0.4 is 5.32 Å². The molecule has 0 aromatic heterocycles. The van der Waals surface area contributed by atoms with E-state index in [0.717, 1.165) is 39.3 Å². The van der Waals surface area contributed by atoms with Crippen molar-refractivity contribution in [1.29, 1.82) is 0 Å². The van der Waals surface area contributed by atoms with E-state index < -0.39 is 0 Å². The van der Waals surface area contributed by atoms with E-state index in [-0.39, 0.29) is 5.91 Å². The molecule has 2 saturated heterocycles. The van der Waals surface area contributed by atoms with Crippen LogP contribution in [0.2, 0.25) is 0 Å². The van der Waals surface area contributed by atoms with Crippen LogP contribution in [-0.4, -0.2) is 66.4 Å². The number of nitrogens with zero attached hydrogens (tertiary/aromatic N) is 3. The van der Waals surface area contributed by atoms with Gasteiger partial charge in [0.2, 0.25) is 5.91 Å². The molecule has 0 radical (unpaired) electrons. The Kier molecular flexibility index (Phi) is 7.51. The van der Waals surface area contributed by atoms with Crippen LogP contribution in [0.3, 0.4) is 0 Å². The first-order valence-electron chi connectivity index (χ1n) is 11.3. The molecule has 5 nitrogen and oxygen atoms in total. The molecule has 4 rings (SSSR count). The molecule has 0 bridgehead atoms. The molecule has 1 amide bonds. The fourth-order valence-electron chi connectivity index (χ4n) is 4.47. The highest BCUT2D eigenvalue weighted by Crippen LogP contribution is 2.16. The molecule has 1 N–H and O–H groups in total. The Labute approximate surface area is 180 Å². The van der Waals surface area contributed by atoms with Gasteiger partial charge in [-0.1, -0.05) is 54.6 Å². The smallest absolute Gasteiger partial charge is 0.234 e. The quantitative estimate of drug-likeness (QED) is 0.732. The summed E-state index contributed by atoms with van der Waals surface area (Å²) in [6.07, 6.45) is 2.61. The van der Waals surface area contributed by atoms with Gasteiger partial charge in [-0.2, -0.15) is 0 Å². The highest BCUT2D eigenvalue weighted by Gasteiger charge is 2.19. The van der Waals surface area contributed by atoms with Crippen LogP contribution in [0.4, 0.5) is 0 Å². The van der Waals surface area contributed by atoms with Crippen molar-refractivity contribution < 1.29 is 4.79 Å². The van der Waals surface area contributed by atoms with Gasteiger partial charge in [0.1, 0.15) is 0 Å². The number of likely N-dealkylation sites (tertiary alicyclic amines) is 1. The molecule has 2 heterocycles. The van der Waals surface area contributed by atoms with Crippen molar-refractivity contribution in [1.82, 2.24) is 20.0 Å². The maximum Gasteiger partial charge on any atom is 0.234 e. The predicted molar refractivity (Wildman–Crippen MR) is 121 cm³/mol. The van der Waals surface area contributed by atoms with Crippen LogP contribution in [0.5, 0.6) is 0 Å². The van der Waals surface area contributed by atoms with E-state index in [1.807, 2.05) is 0 Å². The fourth-order valence-corrected chi connectivity index (χ4v) is 4.47. The normalized spacial score (nSPS) is 18.5. The van der Waals surface area contributed by atoms with Gasteiger partial charge in [-0.25, -0.2) is 0 Å². The summed E-state index contributed by atoms with van der Waals surface area (Å²) in [5.74, 6) is 0.127. The number of benzene rings is 2. The third-order valence-electron chi connectivity index (χ3n) is 6.27. The molecule has 2 aliphatic rings. The van der Waals surface area contributed by atoms with Crippen molar-refractivity contribution >= 4 is 5.91 Å². The van der Waals surface area contributed by atoms with E-state index >= 15 is 0 Å². The zero-order chi connectivity index (χ0) is 20.6. The Balaban J connectivity index is 1.19. The lowest BCUT2D eigenvalue weighted by atomic mass is 10.1. The predicted octanol–water partition coefficient (Wildman–Crippen LogP) is 2.72. The number of nitrogens with one attached hydrogen (secondary N) is 1. The van der Waals surface area contributed by atoms with Crippen molar-refractivity contribution in [3.8, 4) is 0 Å². The molecule has 0 atom stereocenters. The van der Waals surface area contributed by atoms with Crippen LogP contribution in [-0.2, 0) is 24.4 Å². The summed E-state index contributed by atoms with van der Waals surface area (Å²) < 4.78 is 0. The highest BCUT2D eigenvalue weighted by molar-refractivity contribution is 5.78. The molecule has 2 aromatic rings. The van der Waals surface area contributed by atoms with Crippen molar-refractivity contribution in [2.75, 3.05) is 45.8 Å². The molecule has 2 fully saturated rings. The molecule has 5 heteroatoms. The van der Waals surface area contributed by atoms with Crippen LogP contribution in [0, 0.1) is 0 Å². The maximum atomic E-state index is 12.5. The van der Waals surface area contributed by atoms with Gasteiger partial charge in [0.15, 0.2) is 0 Å². The highest BCUT2D eigenvalue weighted by atomic mass is 16.2. The summed E-state index contributed by atoms with van der Waals surface area (Å²) >= 11 is 0. The van der Waals surface area contributed by atoms with E-state index in [1.54, 1.807) is 0 Å². The lowest BCUT2D eigenvalue weighted by Crippen LogP contribution is -2.49. The van der Waals surface area contributed by atoms with Crippen molar-refractivity contribution in [2.24, 2.45) is 0 Å². The number of piperazine rings is 1. The van der Waals surface area contributed by atoms with Crippen molar-refractivity contribution in [3.05, 3.63) is 71.3 Å². The Hall–Kier alpha value is -2.21. The van der Waals surface area contributed by atoms with Gasteiger partial charge in [0.25, 0.3) is 0 Å². The molecule has 2 aromatic carbocycles. The molecular weight excluding hydrogens is 372 g/mol. The van der Waals surface area contributed by atoms with Crippen molar-refractivity contribution in [2.45, 2.75) is 32.5 Å². The second-order valence-corrected chi connectivity index (χ2v) is 8.57. The number of carbonyl (C=O) groups excluding carboxylic acids is 1. The van der Waals surface area contributed by atoms with Gasteiger partial charge in [-0.3, -0.25) is 19.5 Å². The summed E-state index contributed by atoms with van der Waals surface area (Å²) in [6.45, 7) is 9.42. The fraction of sp³-hybridized carbons (Fsp3) is 0.480. The first kappa shape index (κ1) is 21.0. The van der Waals surface area contributed by atoms with Crippen molar-refractivity contribution in [3.63, 3.8) is 0 Å². The van der Waals surface area contributed by atoms with Gasteiger partial charge in [-0.15, -0.1) is 0 Å². The second-order valence-electron chi connectivity index (χ2n) is 8.57. The summed E-state index contributed by atoms with van der Waals surface area (Å²) in [4.78, 5) is 19.8. The standard InChI is InChI=1S/C25H34N4O/c30-25(21-29-16-14-28(15-17-29)19-22-8-2-1-3-9-22)26-18-23-10-4-5-11-24(23)20-27-12-6-7-13-27/h1-5,8-11H,6-7,12-21H2,(H,26,30). The van der Waals surface area contributed by atoms with E-state index in [9.17, 15) is 4.79 Å². The molecule has 2 aliphatic heterocycles. The van der Waals surface area contributed by atoms with E-state index in [0.29, 0.717) is 13.1 Å². The van der Waals surface area contributed by atoms with Crippen LogP contribution in [0.15, 0.2) is 54.6 Å². The summed E-state index contributed by atoms with van der Waals surface area (Å²) in [7, 11) is 0. The number of hydrogen-bond donors (Lipinski definition) is 1. The minimum atomic E-state index is 0.127. The number of amides is 1. The maximum absolute atomic E-state index is 12.5. The number of hydrogen-bond acceptors (Lipinski definition) is 4. The summed E-state index contributed by atoms with van der Waals surface area (Å²) in [6, 6.07) is 19.1. The van der Waals surface area contributed by atoms with Gasteiger partial charge >= 0.3 is 0 Å². The third-order valence-corrected chi connectivity index (χ3v) is 6.27. The number of rotatable bonds is 8. The van der Waals surface area contributed by atoms with Gasteiger partial charge in [0.05, 0.1) is 6.54 Å². The SMILES string of the molecule is O=C(CN1CCN(Cc2ccccc2)CC1)NCc1ccccc1CN1CCCC1. The molecule has 0 unspecified atom stereocenters. The Morgan fingerprint density at radius 2 is 1.30 bits per heavy atom. The summed E-state index contributed by atoms with van der Waals surface area (Å²) in [5.41, 5.74) is 3.94. The Bertz CT molecular complexity index is 796. The van der Waals surface area contributed by atoms with E-state index in [4.69, 9.17) is 0 Å². The first-order valence-corrected chi connectivity index (χ1v) is 11.3. The number of carbonyl (C=O) groups is 1. The van der Waals surface area contributed by atoms with Crippen LogP contribution >= 0.6 is 0 Å².